The van der Waals surface area contributed by atoms with Crippen LogP contribution in [0, 0.1) is 0 Å². The maximum absolute atomic E-state index is 5.86. The highest BCUT2D eigenvalue weighted by Crippen LogP contribution is 2.13. The van der Waals surface area contributed by atoms with Crippen molar-refractivity contribution >= 4 is 11.6 Å². The minimum Gasteiger partial charge on any atom is -0.464 e. The van der Waals surface area contributed by atoms with Crippen molar-refractivity contribution in [2.24, 2.45) is 0 Å². The summed E-state index contributed by atoms with van der Waals surface area (Å²) < 4.78 is 7.04. The lowest BCUT2D eigenvalue weighted by atomic mass is 10.3. The summed E-state index contributed by atoms with van der Waals surface area (Å²) in [5.41, 5.74) is 0. The number of hydrogen-bond acceptors (Lipinski definition) is 5. The zero-order chi connectivity index (χ0) is 13.0. The molecule has 0 aliphatic rings. The molecule has 0 spiro atoms. The molecule has 0 unspecified atom stereocenters. The quantitative estimate of drug-likeness (QED) is 0.830. The van der Waals surface area contributed by atoms with Crippen LogP contribution in [-0.2, 0) is 6.42 Å². The second kappa shape index (κ2) is 5.77. The second-order valence-corrected chi connectivity index (χ2v) is 3.92. The lowest BCUT2D eigenvalue weighted by molar-refractivity contribution is 0.310. The molecule has 0 radical (unpaired) electrons. The van der Waals surface area contributed by atoms with Gasteiger partial charge in [-0.3, -0.25) is 4.57 Å². The fourth-order valence-electron chi connectivity index (χ4n) is 1.55. The molecule has 0 amide bonds. The highest BCUT2D eigenvalue weighted by atomic mass is 35.5. The Morgan fingerprint density at radius 2 is 2.11 bits per heavy atom. The van der Waals surface area contributed by atoms with E-state index in [4.69, 9.17) is 16.3 Å². The molecule has 0 aliphatic heterocycles. The maximum atomic E-state index is 5.86. The molecule has 96 valence electrons. The number of ether oxygens (including phenoxy) is 1. The summed E-state index contributed by atoms with van der Waals surface area (Å²) in [4.78, 5) is 16.5. The Labute approximate surface area is 110 Å². The first-order valence-electron chi connectivity index (χ1n) is 5.81. The summed E-state index contributed by atoms with van der Waals surface area (Å²) in [6, 6.07) is 0.226. The number of aryl methyl sites for hydroxylation is 1. The Bertz CT molecular complexity index is 528. The van der Waals surface area contributed by atoms with E-state index < -0.39 is 0 Å². The highest BCUT2D eigenvalue weighted by Gasteiger charge is 2.10. The van der Waals surface area contributed by atoms with Gasteiger partial charge in [-0.15, -0.1) is 0 Å². The average Bonchev–Trinajstić information content (AvgIpc) is 2.77. The van der Waals surface area contributed by atoms with Gasteiger partial charge in [-0.1, -0.05) is 6.92 Å². The van der Waals surface area contributed by atoms with Gasteiger partial charge in [0.05, 0.1) is 6.61 Å². The van der Waals surface area contributed by atoms with E-state index in [9.17, 15) is 0 Å². The molecule has 0 bridgehead atoms. The molecular formula is C11H14ClN5O. The van der Waals surface area contributed by atoms with Crippen LogP contribution < -0.4 is 4.74 Å². The number of rotatable bonds is 5. The van der Waals surface area contributed by atoms with Gasteiger partial charge in [0.25, 0.3) is 0 Å². The van der Waals surface area contributed by atoms with Crippen molar-refractivity contribution in [3.8, 4) is 12.0 Å². The van der Waals surface area contributed by atoms with Crippen LogP contribution >= 0.6 is 11.6 Å². The van der Waals surface area contributed by atoms with E-state index in [1.54, 1.807) is 17.0 Å². The molecule has 2 rings (SSSR count). The maximum Gasteiger partial charge on any atom is 0.322 e. The number of nitrogens with zero attached hydrogens (tertiary/aromatic N) is 5. The van der Waals surface area contributed by atoms with Gasteiger partial charge in [0.2, 0.25) is 11.2 Å². The normalized spacial score (nSPS) is 10.6. The van der Waals surface area contributed by atoms with E-state index >= 15 is 0 Å². The molecule has 18 heavy (non-hydrogen) atoms. The van der Waals surface area contributed by atoms with Gasteiger partial charge in [-0.2, -0.15) is 15.0 Å². The second-order valence-electron chi connectivity index (χ2n) is 3.58. The van der Waals surface area contributed by atoms with Crippen LogP contribution in [0.5, 0.6) is 6.01 Å². The summed E-state index contributed by atoms with van der Waals surface area (Å²) in [5, 5.41) is 0.111. The van der Waals surface area contributed by atoms with Gasteiger partial charge in [0, 0.05) is 18.8 Å². The molecule has 0 saturated carbocycles. The van der Waals surface area contributed by atoms with Crippen molar-refractivity contribution in [2.45, 2.75) is 26.7 Å². The van der Waals surface area contributed by atoms with Gasteiger partial charge in [-0.05, 0) is 24.9 Å². The Hall–Kier alpha value is -1.69. The third-order valence-corrected chi connectivity index (χ3v) is 2.42. The van der Waals surface area contributed by atoms with Crippen molar-refractivity contribution < 1.29 is 4.74 Å². The molecule has 0 aliphatic carbocycles. The minimum atomic E-state index is 0.111. The van der Waals surface area contributed by atoms with E-state index in [2.05, 4.69) is 26.9 Å². The molecule has 0 atom stereocenters. The lowest BCUT2D eigenvalue weighted by Gasteiger charge is -2.07. The summed E-state index contributed by atoms with van der Waals surface area (Å²) >= 11 is 5.86. The van der Waals surface area contributed by atoms with Gasteiger partial charge < -0.3 is 4.74 Å². The van der Waals surface area contributed by atoms with Crippen molar-refractivity contribution in [1.82, 2.24) is 24.5 Å². The van der Waals surface area contributed by atoms with Crippen LogP contribution in [-0.4, -0.2) is 31.1 Å². The predicted octanol–water partition coefficient (Wildman–Crippen LogP) is 2.06. The molecule has 0 N–H and O–H groups in total. The summed E-state index contributed by atoms with van der Waals surface area (Å²) in [7, 11) is 0. The highest BCUT2D eigenvalue weighted by molar-refractivity contribution is 6.28. The zero-order valence-electron chi connectivity index (χ0n) is 10.3. The van der Waals surface area contributed by atoms with Crippen LogP contribution in [0.15, 0.2) is 12.4 Å². The molecule has 0 fully saturated rings. The monoisotopic (exact) mass is 267 g/mol. The third kappa shape index (κ3) is 2.76. The lowest BCUT2D eigenvalue weighted by Crippen LogP contribution is -2.08. The standard InChI is InChI=1S/C11H14ClN5O/c1-3-5-8-13-6-7-17(8)10-14-9(12)15-11(16-10)18-4-2/h6-7H,3-5H2,1-2H3. The van der Waals surface area contributed by atoms with Crippen LogP contribution in [0.1, 0.15) is 26.1 Å². The first kappa shape index (κ1) is 12.8. The first-order chi connectivity index (χ1) is 8.74. The number of aromatic nitrogens is 5. The van der Waals surface area contributed by atoms with Crippen molar-refractivity contribution in [3.05, 3.63) is 23.5 Å². The molecule has 2 aromatic heterocycles. The van der Waals surface area contributed by atoms with Gasteiger partial charge >= 0.3 is 6.01 Å². The first-order valence-corrected chi connectivity index (χ1v) is 6.19. The minimum absolute atomic E-state index is 0.111. The van der Waals surface area contributed by atoms with Crippen LogP contribution in [0.25, 0.3) is 5.95 Å². The van der Waals surface area contributed by atoms with E-state index in [0.29, 0.717) is 12.6 Å². The van der Waals surface area contributed by atoms with Crippen LogP contribution in [0.3, 0.4) is 0 Å². The topological polar surface area (TPSA) is 65.7 Å². The smallest absolute Gasteiger partial charge is 0.322 e. The fourth-order valence-corrected chi connectivity index (χ4v) is 1.70. The van der Waals surface area contributed by atoms with Gasteiger partial charge in [-0.25, -0.2) is 4.98 Å². The largest absolute Gasteiger partial charge is 0.464 e. The predicted molar refractivity (Wildman–Crippen MR) is 67.1 cm³/mol. The van der Waals surface area contributed by atoms with Crippen molar-refractivity contribution in [2.75, 3.05) is 6.61 Å². The van der Waals surface area contributed by atoms with Crippen LogP contribution in [0.2, 0.25) is 5.28 Å². The average molecular weight is 268 g/mol. The Morgan fingerprint density at radius 3 is 2.83 bits per heavy atom. The summed E-state index contributed by atoms with van der Waals surface area (Å²) in [5.74, 6) is 1.32. The van der Waals surface area contributed by atoms with Gasteiger partial charge in [0.1, 0.15) is 5.82 Å². The Balaban J connectivity index is 2.39. The Morgan fingerprint density at radius 1 is 1.28 bits per heavy atom. The summed E-state index contributed by atoms with van der Waals surface area (Å²) in [6.07, 6.45) is 5.35. The van der Waals surface area contributed by atoms with Crippen LogP contribution in [0.4, 0.5) is 0 Å². The fraction of sp³-hybridized carbons (Fsp3) is 0.455. The van der Waals surface area contributed by atoms with Gasteiger partial charge in [0.15, 0.2) is 0 Å². The SMILES string of the molecule is CCCc1nccn1-c1nc(Cl)nc(OCC)n1. The number of hydrogen-bond donors (Lipinski definition) is 0. The zero-order valence-corrected chi connectivity index (χ0v) is 11.1. The van der Waals surface area contributed by atoms with E-state index in [0.717, 1.165) is 18.7 Å². The van der Waals surface area contributed by atoms with E-state index in [1.807, 2.05) is 6.92 Å². The molecule has 2 aromatic rings. The molecule has 7 heteroatoms. The van der Waals surface area contributed by atoms with Crippen molar-refractivity contribution in [1.29, 1.82) is 0 Å². The van der Waals surface area contributed by atoms with E-state index in [1.165, 1.54) is 0 Å². The summed E-state index contributed by atoms with van der Waals surface area (Å²) in [6.45, 7) is 4.42. The number of imidazole rings is 1. The molecule has 0 saturated heterocycles. The van der Waals surface area contributed by atoms with Crippen molar-refractivity contribution in [3.63, 3.8) is 0 Å². The third-order valence-electron chi connectivity index (χ3n) is 2.26. The molecule has 2 heterocycles. The molecule has 6 nitrogen and oxygen atoms in total. The Kier molecular flexibility index (Phi) is 4.09. The van der Waals surface area contributed by atoms with E-state index in [-0.39, 0.29) is 11.3 Å². The number of halogens is 1. The molecule has 0 aromatic carbocycles. The molecular weight excluding hydrogens is 254 g/mol.